The number of nitrogens with zero attached hydrogens (tertiary/aromatic N) is 2. The Kier molecular flexibility index (Phi) is 7.36. The highest BCUT2D eigenvalue weighted by atomic mass is 16.3. The molecule has 0 atom stereocenters. The van der Waals surface area contributed by atoms with E-state index in [-0.39, 0.29) is 0 Å². The Hall–Kier alpha value is -6.32. The first kappa shape index (κ1) is 30.7. The number of aryl methyl sites for hydroxylation is 4. The minimum atomic E-state index is 0.900. The third kappa shape index (κ3) is 5.48. The summed E-state index contributed by atoms with van der Waals surface area (Å²) in [4.78, 5) is 4.70. The summed E-state index contributed by atoms with van der Waals surface area (Å²) in [6.07, 6.45) is 0. The normalized spacial score (nSPS) is 11.5. The summed E-state index contributed by atoms with van der Waals surface area (Å²) in [5.41, 5.74) is 13.5. The number of fused-ring (bicyclic) bond motifs is 7. The molecular formula is C48H38N2O. The molecule has 9 aromatic rings. The molecule has 0 aliphatic carbocycles. The van der Waals surface area contributed by atoms with Gasteiger partial charge in [-0.15, -0.1) is 0 Å². The van der Waals surface area contributed by atoms with Gasteiger partial charge in [0.05, 0.1) is 0 Å². The molecule has 0 saturated heterocycles. The van der Waals surface area contributed by atoms with Crippen LogP contribution in [0.2, 0.25) is 0 Å². The fourth-order valence-electron chi connectivity index (χ4n) is 7.64. The predicted molar refractivity (Wildman–Crippen MR) is 217 cm³/mol. The Bertz CT molecular complexity index is 2490. The van der Waals surface area contributed by atoms with E-state index >= 15 is 0 Å². The smallest absolute Gasteiger partial charge is 0.136 e. The van der Waals surface area contributed by atoms with Crippen LogP contribution in [0.25, 0.3) is 43.5 Å². The Morgan fingerprint density at radius 3 is 1.00 bits per heavy atom. The predicted octanol–water partition coefficient (Wildman–Crippen LogP) is 14.1. The van der Waals surface area contributed by atoms with Gasteiger partial charge in [0, 0.05) is 44.9 Å². The first-order chi connectivity index (χ1) is 24.9. The molecule has 1 heterocycles. The quantitative estimate of drug-likeness (QED) is 0.177. The summed E-state index contributed by atoms with van der Waals surface area (Å²) in [6.45, 7) is 8.59. The van der Waals surface area contributed by atoms with E-state index in [9.17, 15) is 0 Å². The number of hydrogen-bond donors (Lipinski definition) is 0. The molecule has 3 nitrogen and oxygen atoms in total. The van der Waals surface area contributed by atoms with Gasteiger partial charge in [-0.2, -0.15) is 0 Å². The van der Waals surface area contributed by atoms with Crippen LogP contribution in [0, 0.1) is 27.7 Å². The molecule has 0 bridgehead atoms. The van der Waals surface area contributed by atoms with Gasteiger partial charge < -0.3 is 14.2 Å². The number of benzene rings is 8. The van der Waals surface area contributed by atoms with Gasteiger partial charge in [-0.25, -0.2) is 0 Å². The van der Waals surface area contributed by atoms with Crippen molar-refractivity contribution in [1.82, 2.24) is 0 Å². The first-order valence-electron chi connectivity index (χ1n) is 17.6. The molecule has 0 amide bonds. The largest absolute Gasteiger partial charge is 0.456 e. The lowest BCUT2D eigenvalue weighted by Crippen LogP contribution is -2.10. The SMILES string of the molecule is Cc1cccc(N(c2cccc(C)c2)c2ccc3c(ccc4oc5ccc6cc(N(c7cccc(C)c7)c7cccc(C)c7)ccc6c5c43)c2)c1. The number of hydrogen-bond acceptors (Lipinski definition) is 3. The van der Waals surface area contributed by atoms with Gasteiger partial charge in [0.2, 0.25) is 0 Å². The molecule has 0 unspecified atom stereocenters. The third-order valence-corrected chi connectivity index (χ3v) is 9.96. The Morgan fingerprint density at radius 1 is 0.333 bits per heavy atom. The van der Waals surface area contributed by atoms with Crippen molar-refractivity contribution in [3.05, 3.63) is 180 Å². The van der Waals surface area contributed by atoms with E-state index < -0.39 is 0 Å². The molecule has 51 heavy (non-hydrogen) atoms. The highest BCUT2D eigenvalue weighted by Crippen LogP contribution is 2.43. The average molecular weight is 659 g/mol. The van der Waals surface area contributed by atoms with Crippen molar-refractivity contribution in [2.45, 2.75) is 27.7 Å². The molecule has 3 heteroatoms. The lowest BCUT2D eigenvalue weighted by atomic mass is 9.98. The zero-order valence-corrected chi connectivity index (χ0v) is 29.3. The summed E-state index contributed by atoms with van der Waals surface area (Å²) >= 11 is 0. The van der Waals surface area contributed by atoms with E-state index in [1.165, 1.54) is 43.8 Å². The van der Waals surface area contributed by atoms with Crippen molar-refractivity contribution in [2.24, 2.45) is 0 Å². The van der Waals surface area contributed by atoms with Crippen LogP contribution >= 0.6 is 0 Å². The summed E-state index contributed by atoms with van der Waals surface area (Å²) < 4.78 is 6.53. The molecule has 0 spiro atoms. The maximum absolute atomic E-state index is 6.53. The van der Waals surface area contributed by atoms with Gasteiger partial charge in [-0.3, -0.25) is 0 Å². The van der Waals surface area contributed by atoms with Crippen LogP contribution in [0.3, 0.4) is 0 Å². The van der Waals surface area contributed by atoms with Crippen molar-refractivity contribution < 1.29 is 4.42 Å². The molecule has 0 radical (unpaired) electrons. The van der Waals surface area contributed by atoms with Crippen molar-refractivity contribution in [1.29, 1.82) is 0 Å². The lowest BCUT2D eigenvalue weighted by molar-refractivity contribution is 0.669. The number of furan rings is 1. The summed E-state index contributed by atoms with van der Waals surface area (Å²) in [5.74, 6) is 0. The molecular weight excluding hydrogens is 621 g/mol. The van der Waals surface area contributed by atoms with Crippen LogP contribution in [0.15, 0.2) is 162 Å². The van der Waals surface area contributed by atoms with Crippen molar-refractivity contribution in [3.63, 3.8) is 0 Å². The van der Waals surface area contributed by atoms with Gasteiger partial charge in [-0.1, -0.05) is 72.8 Å². The van der Waals surface area contributed by atoms with Gasteiger partial charge >= 0.3 is 0 Å². The molecule has 246 valence electrons. The number of anilines is 6. The van der Waals surface area contributed by atoms with E-state index in [1.807, 2.05) is 0 Å². The average Bonchev–Trinajstić information content (AvgIpc) is 3.52. The minimum Gasteiger partial charge on any atom is -0.456 e. The zero-order chi connectivity index (χ0) is 34.6. The Balaban J connectivity index is 1.22. The van der Waals surface area contributed by atoms with E-state index in [1.54, 1.807) is 0 Å². The highest BCUT2D eigenvalue weighted by Gasteiger charge is 2.19. The fourth-order valence-corrected chi connectivity index (χ4v) is 7.64. The molecule has 1 aromatic heterocycles. The molecule has 0 saturated carbocycles. The minimum absolute atomic E-state index is 0.900. The molecule has 0 fully saturated rings. The van der Waals surface area contributed by atoms with Gasteiger partial charge in [0.1, 0.15) is 11.2 Å². The summed E-state index contributed by atoms with van der Waals surface area (Å²) in [6, 6.07) is 57.1. The second kappa shape index (κ2) is 12.2. The fraction of sp³-hybridized carbons (Fsp3) is 0.0833. The van der Waals surface area contributed by atoms with Crippen LogP contribution in [0.1, 0.15) is 22.3 Å². The van der Waals surface area contributed by atoms with Gasteiger partial charge in [-0.05, 0) is 156 Å². The van der Waals surface area contributed by atoms with Crippen LogP contribution in [0.5, 0.6) is 0 Å². The summed E-state index contributed by atoms with van der Waals surface area (Å²) in [5, 5.41) is 7.01. The Labute approximate surface area is 298 Å². The summed E-state index contributed by atoms with van der Waals surface area (Å²) in [7, 11) is 0. The van der Waals surface area contributed by atoms with Gasteiger partial charge in [0.25, 0.3) is 0 Å². The van der Waals surface area contributed by atoms with Crippen molar-refractivity contribution >= 4 is 77.6 Å². The third-order valence-electron chi connectivity index (χ3n) is 9.96. The maximum Gasteiger partial charge on any atom is 0.136 e. The van der Waals surface area contributed by atoms with Gasteiger partial charge in [0.15, 0.2) is 0 Å². The van der Waals surface area contributed by atoms with E-state index in [0.29, 0.717) is 0 Å². The second-order valence-corrected chi connectivity index (χ2v) is 13.8. The number of rotatable bonds is 6. The zero-order valence-electron chi connectivity index (χ0n) is 29.3. The second-order valence-electron chi connectivity index (χ2n) is 13.8. The standard InChI is InChI=1S/C48H38N2O/c1-31-9-5-13-37(25-31)49(38-14-6-10-32(2)26-38)41-19-21-43-35(29-41)17-23-45-47(43)48-44-22-20-42(30-36(44)18-24-46(48)51-45)50(39-15-7-11-33(3)27-39)40-16-8-12-34(4)28-40/h5-30H,1-4H3. The Morgan fingerprint density at radius 2 is 0.667 bits per heavy atom. The van der Waals surface area contributed by atoms with Crippen LogP contribution in [-0.2, 0) is 0 Å². The molecule has 9 rings (SSSR count). The molecule has 0 N–H and O–H groups in total. The molecule has 0 aliphatic rings. The molecule has 8 aromatic carbocycles. The van der Waals surface area contributed by atoms with Crippen molar-refractivity contribution in [3.8, 4) is 0 Å². The van der Waals surface area contributed by atoms with E-state index in [0.717, 1.165) is 56.1 Å². The first-order valence-corrected chi connectivity index (χ1v) is 17.6. The van der Waals surface area contributed by atoms with Crippen LogP contribution in [0.4, 0.5) is 34.1 Å². The van der Waals surface area contributed by atoms with E-state index in [2.05, 4.69) is 195 Å². The van der Waals surface area contributed by atoms with Crippen LogP contribution < -0.4 is 9.80 Å². The van der Waals surface area contributed by atoms with E-state index in [4.69, 9.17) is 4.42 Å². The van der Waals surface area contributed by atoms with Crippen molar-refractivity contribution in [2.75, 3.05) is 9.80 Å². The highest BCUT2D eigenvalue weighted by molar-refractivity contribution is 6.26. The topological polar surface area (TPSA) is 19.6 Å². The monoisotopic (exact) mass is 658 g/mol. The van der Waals surface area contributed by atoms with Crippen LogP contribution in [-0.4, -0.2) is 0 Å². The molecule has 0 aliphatic heterocycles. The lowest BCUT2D eigenvalue weighted by Gasteiger charge is -2.26. The maximum atomic E-state index is 6.53.